The van der Waals surface area contributed by atoms with Crippen LogP contribution >= 0.6 is 0 Å². The number of piperidine rings is 1. The second-order valence-corrected chi connectivity index (χ2v) is 5.44. The molecule has 1 saturated heterocycles. The van der Waals surface area contributed by atoms with E-state index in [1.165, 1.54) is 6.42 Å². The van der Waals surface area contributed by atoms with Gasteiger partial charge in [0.15, 0.2) is 0 Å². The summed E-state index contributed by atoms with van der Waals surface area (Å²) in [6.45, 7) is 6.12. The molecule has 1 unspecified atom stereocenters. The molecule has 0 radical (unpaired) electrons. The van der Waals surface area contributed by atoms with E-state index in [4.69, 9.17) is 10.5 Å². The van der Waals surface area contributed by atoms with Crippen LogP contribution in [0.5, 0.6) is 5.75 Å². The molecule has 1 aliphatic heterocycles. The lowest BCUT2D eigenvalue weighted by Crippen LogP contribution is -2.43. The number of anilines is 2. The number of benzene rings is 1. The van der Waals surface area contributed by atoms with Crippen LogP contribution in [0.1, 0.15) is 33.1 Å². The number of rotatable bonds is 5. The molecule has 3 N–H and O–H groups in total. The van der Waals surface area contributed by atoms with Crippen molar-refractivity contribution in [1.29, 1.82) is 0 Å². The maximum absolute atomic E-state index is 12.4. The summed E-state index contributed by atoms with van der Waals surface area (Å²) in [6, 6.07) is 5.27. The number of nitrogens with one attached hydrogen (secondary N) is 1. The van der Waals surface area contributed by atoms with E-state index in [-0.39, 0.29) is 11.9 Å². The van der Waals surface area contributed by atoms with Gasteiger partial charge in [-0.1, -0.05) is 0 Å². The molecule has 0 aliphatic carbocycles. The number of amides is 1. The Balaban J connectivity index is 1.99. The van der Waals surface area contributed by atoms with Gasteiger partial charge in [-0.15, -0.1) is 0 Å². The largest absolute Gasteiger partial charge is 0.492 e. The third kappa shape index (κ3) is 4.03. The van der Waals surface area contributed by atoms with E-state index in [1.54, 1.807) is 6.07 Å². The first-order valence-electron chi connectivity index (χ1n) is 7.69. The Morgan fingerprint density at radius 2 is 2.10 bits per heavy atom. The topological polar surface area (TPSA) is 67.6 Å². The molecule has 1 amide bonds. The highest BCUT2D eigenvalue weighted by molar-refractivity contribution is 5.84. The van der Waals surface area contributed by atoms with E-state index in [0.717, 1.165) is 31.6 Å². The van der Waals surface area contributed by atoms with Crippen molar-refractivity contribution in [2.24, 2.45) is 0 Å². The van der Waals surface area contributed by atoms with Gasteiger partial charge in [0, 0.05) is 24.8 Å². The highest BCUT2D eigenvalue weighted by Gasteiger charge is 2.22. The van der Waals surface area contributed by atoms with Gasteiger partial charge in [0.05, 0.1) is 12.3 Å². The van der Waals surface area contributed by atoms with E-state index in [2.05, 4.69) is 5.32 Å². The summed E-state index contributed by atoms with van der Waals surface area (Å²) in [7, 11) is 0. The molecule has 5 heteroatoms. The van der Waals surface area contributed by atoms with Crippen molar-refractivity contribution in [3.63, 3.8) is 0 Å². The van der Waals surface area contributed by atoms with Gasteiger partial charge < -0.3 is 20.7 Å². The number of nitrogens with zero attached hydrogens (tertiary/aromatic N) is 1. The lowest BCUT2D eigenvalue weighted by atomic mass is 10.1. The molecule has 1 fully saturated rings. The molecular weight excluding hydrogens is 266 g/mol. The molecule has 1 heterocycles. The number of hydrogen-bond donors (Lipinski definition) is 2. The molecule has 2 rings (SSSR count). The van der Waals surface area contributed by atoms with Crippen molar-refractivity contribution >= 4 is 17.3 Å². The smallest absolute Gasteiger partial charge is 0.244 e. The minimum Gasteiger partial charge on any atom is -0.492 e. The molecule has 0 aromatic heterocycles. The third-order valence-electron chi connectivity index (χ3n) is 3.73. The van der Waals surface area contributed by atoms with E-state index < -0.39 is 0 Å². The summed E-state index contributed by atoms with van der Waals surface area (Å²) in [4.78, 5) is 14.3. The highest BCUT2D eigenvalue weighted by Crippen LogP contribution is 2.26. The second-order valence-electron chi connectivity index (χ2n) is 5.44. The summed E-state index contributed by atoms with van der Waals surface area (Å²) in [5, 5.41) is 3.24. The van der Waals surface area contributed by atoms with Gasteiger partial charge in [0.2, 0.25) is 5.91 Å². The van der Waals surface area contributed by atoms with Crippen LogP contribution in [0.15, 0.2) is 18.2 Å². The Morgan fingerprint density at radius 1 is 1.38 bits per heavy atom. The SMILES string of the molecule is CCOc1cc(NC(C)C(=O)N2CCCCC2)ccc1N. The maximum atomic E-state index is 12.4. The minimum absolute atomic E-state index is 0.157. The highest BCUT2D eigenvalue weighted by atomic mass is 16.5. The Hall–Kier alpha value is -1.91. The second kappa shape index (κ2) is 7.20. The van der Waals surface area contributed by atoms with Crippen LogP contribution in [0.2, 0.25) is 0 Å². The number of nitrogens with two attached hydrogens (primary N) is 1. The predicted molar refractivity (Wildman–Crippen MR) is 85.5 cm³/mol. The number of hydrogen-bond acceptors (Lipinski definition) is 4. The summed E-state index contributed by atoms with van der Waals surface area (Å²) >= 11 is 0. The first kappa shape index (κ1) is 15.5. The monoisotopic (exact) mass is 291 g/mol. The number of carbonyl (C=O) groups excluding carboxylic acids is 1. The van der Waals surface area contributed by atoms with E-state index in [0.29, 0.717) is 18.0 Å². The molecule has 5 nitrogen and oxygen atoms in total. The zero-order valence-corrected chi connectivity index (χ0v) is 12.9. The fourth-order valence-corrected chi connectivity index (χ4v) is 2.60. The van der Waals surface area contributed by atoms with Crippen molar-refractivity contribution in [1.82, 2.24) is 4.90 Å². The summed E-state index contributed by atoms with van der Waals surface area (Å²) in [6.07, 6.45) is 3.44. The number of likely N-dealkylation sites (tertiary alicyclic amines) is 1. The van der Waals surface area contributed by atoms with Crippen LogP contribution in [-0.4, -0.2) is 36.5 Å². The number of nitrogen functional groups attached to an aromatic ring is 1. The minimum atomic E-state index is -0.249. The molecule has 1 aliphatic rings. The molecule has 0 bridgehead atoms. The molecule has 1 aromatic rings. The van der Waals surface area contributed by atoms with Gasteiger partial charge in [-0.2, -0.15) is 0 Å². The van der Waals surface area contributed by atoms with Gasteiger partial charge in [-0.25, -0.2) is 0 Å². The van der Waals surface area contributed by atoms with Crippen LogP contribution in [0.3, 0.4) is 0 Å². The van der Waals surface area contributed by atoms with Crippen molar-refractivity contribution < 1.29 is 9.53 Å². The fourth-order valence-electron chi connectivity index (χ4n) is 2.60. The zero-order chi connectivity index (χ0) is 15.2. The quantitative estimate of drug-likeness (QED) is 0.818. The van der Waals surface area contributed by atoms with Crippen LogP contribution < -0.4 is 15.8 Å². The zero-order valence-electron chi connectivity index (χ0n) is 12.9. The average molecular weight is 291 g/mol. The van der Waals surface area contributed by atoms with E-state index in [9.17, 15) is 4.79 Å². The van der Waals surface area contributed by atoms with Crippen molar-refractivity contribution in [2.75, 3.05) is 30.7 Å². The third-order valence-corrected chi connectivity index (χ3v) is 3.73. The summed E-state index contributed by atoms with van der Waals surface area (Å²) < 4.78 is 5.48. The molecule has 116 valence electrons. The van der Waals surface area contributed by atoms with Crippen molar-refractivity contribution in [2.45, 2.75) is 39.2 Å². The Bertz CT molecular complexity index is 484. The number of ether oxygens (including phenoxy) is 1. The first-order valence-corrected chi connectivity index (χ1v) is 7.69. The van der Waals surface area contributed by atoms with Gasteiger partial charge in [-0.3, -0.25) is 4.79 Å². The molecule has 1 aromatic carbocycles. The molecule has 1 atom stereocenters. The fraction of sp³-hybridized carbons (Fsp3) is 0.562. The van der Waals surface area contributed by atoms with Crippen LogP contribution in [0.4, 0.5) is 11.4 Å². The summed E-state index contributed by atoms with van der Waals surface area (Å²) in [5.41, 5.74) is 7.32. The number of carbonyl (C=O) groups is 1. The molecule has 21 heavy (non-hydrogen) atoms. The van der Waals surface area contributed by atoms with Gasteiger partial charge in [0.1, 0.15) is 11.8 Å². The van der Waals surface area contributed by atoms with Crippen LogP contribution in [0, 0.1) is 0 Å². The predicted octanol–water partition coefficient (Wildman–Crippen LogP) is 2.48. The molecule has 0 spiro atoms. The van der Waals surface area contributed by atoms with Crippen LogP contribution in [-0.2, 0) is 4.79 Å². The Morgan fingerprint density at radius 3 is 2.76 bits per heavy atom. The lowest BCUT2D eigenvalue weighted by molar-refractivity contribution is -0.132. The van der Waals surface area contributed by atoms with Gasteiger partial charge >= 0.3 is 0 Å². The standard InChI is InChI=1S/C16H25N3O2/c1-3-21-15-11-13(7-8-14(15)17)18-12(2)16(20)19-9-5-4-6-10-19/h7-8,11-12,18H,3-6,9-10,17H2,1-2H3. The Labute approximate surface area is 126 Å². The van der Waals surface area contributed by atoms with Crippen molar-refractivity contribution in [3.05, 3.63) is 18.2 Å². The Kier molecular flexibility index (Phi) is 5.31. The first-order chi connectivity index (χ1) is 10.1. The van der Waals surface area contributed by atoms with E-state index >= 15 is 0 Å². The molecular formula is C16H25N3O2. The van der Waals surface area contributed by atoms with E-state index in [1.807, 2.05) is 30.9 Å². The maximum Gasteiger partial charge on any atom is 0.244 e. The normalized spacial score (nSPS) is 16.4. The van der Waals surface area contributed by atoms with Gasteiger partial charge in [0.25, 0.3) is 0 Å². The average Bonchev–Trinajstić information content (AvgIpc) is 2.51. The summed E-state index contributed by atoms with van der Waals surface area (Å²) in [5.74, 6) is 0.810. The molecule has 0 saturated carbocycles. The van der Waals surface area contributed by atoms with Gasteiger partial charge in [-0.05, 0) is 45.2 Å². The van der Waals surface area contributed by atoms with Crippen molar-refractivity contribution in [3.8, 4) is 5.75 Å². The lowest BCUT2D eigenvalue weighted by Gasteiger charge is -2.29. The van der Waals surface area contributed by atoms with Crippen LogP contribution in [0.25, 0.3) is 0 Å².